The average Bonchev–Trinajstić information content (AvgIpc) is 2.77. The molecular weight excluding hydrogens is 416 g/mol. The van der Waals surface area contributed by atoms with Gasteiger partial charge in [0.15, 0.2) is 9.84 Å². The second-order valence-corrected chi connectivity index (χ2v) is 10.4. The van der Waals surface area contributed by atoms with E-state index in [1.165, 1.54) is 12.1 Å². The zero-order valence-corrected chi connectivity index (χ0v) is 18.9. The van der Waals surface area contributed by atoms with E-state index in [1.807, 2.05) is 0 Å². The highest BCUT2D eigenvalue weighted by Gasteiger charge is 2.23. The van der Waals surface area contributed by atoms with Gasteiger partial charge in [0.1, 0.15) is 11.8 Å². The Morgan fingerprint density at radius 3 is 2.39 bits per heavy atom. The van der Waals surface area contributed by atoms with E-state index < -0.39 is 15.9 Å². The van der Waals surface area contributed by atoms with Crippen LogP contribution >= 0.6 is 0 Å². The number of aliphatic hydroxyl groups excluding tert-OH is 2. The van der Waals surface area contributed by atoms with Crippen LogP contribution in [0.4, 0.5) is 0 Å². The maximum atomic E-state index is 13.2. The summed E-state index contributed by atoms with van der Waals surface area (Å²) in [7, 11) is -3.30. The Morgan fingerprint density at radius 1 is 1.10 bits per heavy atom. The number of benzene rings is 1. The van der Waals surface area contributed by atoms with Crippen molar-refractivity contribution in [3.05, 3.63) is 46.5 Å². The largest absolute Gasteiger partial charge is 0.396 e. The highest BCUT2D eigenvalue weighted by Crippen LogP contribution is 2.29. The van der Waals surface area contributed by atoms with Gasteiger partial charge in [-0.05, 0) is 37.8 Å². The number of rotatable bonds is 9. The molecule has 8 heteroatoms. The van der Waals surface area contributed by atoms with Crippen LogP contribution in [0.5, 0.6) is 0 Å². The molecule has 2 aromatic rings. The van der Waals surface area contributed by atoms with Crippen LogP contribution in [-0.2, 0) is 9.84 Å². The van der Waals surface area contributed by atoms with Crippen molar-refractivity contribution >= 4 is 9.84 Å². The predicted octanol–water partition coefficient (Wildman–Crippen LogP) is 3.41. The van der Waals surface area contributed by atoms with E-state index in [1.54, 1.807) is 22.9 Å². The molecule has 0 aliphatic heterocycles. The predicted molar refractivity (Wildman–Crippen MR) is 120 cm³/mol. The molecule has 0 radical (unpaired) electrons. The van der Waals surface area contributed by atoms with Crippen LogP contribution in [0.25, 0.3) is 11.3 Å². The Kier molecular flexibility index (Phi) is 8.02. The van der Waals surface area contributed by atoms with Gasteiger partial charge in [0, 0.05) is 30.7 Å². The van der Waals surface area contributed by atoms with E-state index in [-0.39, 0.29) is 28.8 Å². The van der Waals surface area contributed by atoms with Crippen molar-refractivity contribution in [2.45, 2.75) is 74.8 Å². The van der Waals surface area contributed by atoms with Gasteiger partial charge in [-0.3, -0.25) is 4.79 Å². The van der Waals surface area contributed by atoms with Crippen molar-refractivity contribution < 1.29 is 18.6 Å². The Labute approximate surface area is 183 Å². The normalized spacial score (nSPS) is 16.4. The second-order valence-electron chi connectivity index (χ2n) is 8.40. The lowest BCUT2D eigenvalue weighted by molar-refractivity contribution is 0.154. The van der Waals surface area contributed by atoms with Crippen LogP contribution in [0.3, 0.4) is 0 Å². The van der Waals surface area contributed by atoms with Crippen molar-refractivity contribution in [3.8, 4) is 11.3 Å². The summed E-state index contributed by atoms with van der Waals surface area (Å²) in [6, 6.07) is 6.52. The number of sulfone groups is 1. The molecule has 0 spiro atoms. The van der Waals surface area contributed by atoms with Gasteiger partial charge in [-0.15, -0.1) is 0 Å². The first-order valence-corrected chi connectivity index (χ1v) is 12.9. The third kappa shape index (κ3) is 6.02. The van der Waals surface area contributed by atoms with Crippen molar-refractivity contribution in [2.24, 2.45) is 0 Å². The van der Waals surface area contributed by atoms with E-state index in [2.05, 4.69) is 4.98 Å². The maximum Gasteiger partial charge on any atom is 0.275 e. The number of nitrogens with zero attached hydrogens (tertiary/aromatic N) is 2. The van der Waals surface area contributed by atoms with E-state index in [4.69, 9.17) is 5.11 Å². The third-order valence-electron chi connectivity index (χ3n) is 5.95. The van der Waals surface area contributed by atoms with E-state index >= 15 is 0 Å². The molecule has 1 aliphatic rings. The topological polar surface area (TPSA) is 109 Å². The highest BCUT2D eigenvalue weighted by molar-refractivity contribution is 7.90. The molecule has 1 aromatic heterocycles. The van der Waals surface area contributed by atoms with Crippen molar-refractivity contribution in [2.75, 3.05) is 12.9 Å². The second kappa shape index (κ2) is 10.5. The highest BCUT2D eigenvalue weighted by atomic mass is 32.2. The molecule has 1 fully saturated rings. The zero-order valence-electron chi connectivity index (χ0n) is 18.0. The monoisotopic (exact) mass is 448 g/mol. The van der Waals surface area contributed by atoms with Crippen molar-refractivity contribution in [1.29, 1.82) is 0 Å². The fourth-order valence-electron chi connectivity index (χ4n) is 4.15. The first-order chi connectivity index (χ1) is 14.8. The summed E-state index contributed by atoms with van der Waals surface area (Å²) in [4.78, 5) is 17.9. The number of hydrogen-bond donors (Lipinski definition) is 2. The molecule has 3 rings (SSSR count). The molecule has 7 nitrogen and oxygen atoms in total. The van der Waals surface area contributed by atoms with Gasteiger partial charge in [0.05, 0.1) is 10.6 Å². The zero-order chi connectivity index (χ0) is 22.4. The number of aromatic nitrogens is 2. The smallest absolute Gasteiger partial charge is 0.275 e. The molecule has 1 atom stereocenters. The van der Waals surface area contributed by atoms with Crippen LogP contribution in [0.2, 0.25) is 0 Å². The van der Waals surface area contributed by atoms with Gasteiger partial charge < -0.3 is 14.8 Å². The van der Waals surface area contributed by atoms with Gasteiger partial charge in [-0.25, -0.2) is 13.4 Å². The summed E-state index contributed by atoms with van der Waals surface area (Å²) in [5.74, 6) is 0. The number of unbranched alkanes of at least 4 members (excludes halogenated alkanes) is 2. The fourth-order valence-corrected chi connectivity index (χ4v) is 4.78. The van der Waals surface area contributed by atoms with Crippen molar-refractivity contribution in [3.63, 3.8) is 0 Å². The molecule has 1 aliphatic carbocycles. The van der Waals surface area contributed by atoms with E-state index in [0.29, 0.717) is 30.5 Å². The molecule has 1 unspecified atom stereocenters. The SMILES string of the molecule is CS(=O)(=O)c1ccc(-c2cn(C3CCCCC3)c(=O)c(C(O)CCCCCO)n2)cc1. The van der Waals surface area contributed by atoms with Gasteiger partial charge in [0.2, 0.25) is 0 Å². The van der Waals surface area contributed by atoms with Crippen LogP contribution in [0.15, 0.2) is 40.2 Å². The summed E-state index contributed by atoms with van der Waals surface area (Å²) >= 11 is 0. The maximum absolute atomic E-state index is 13.2. The quantitative estimate of drug-likeness (QED) is 0.569. The molecule has 170 valence electrons. The first kappa shape index (κ1) is 23.6. The molecule has 2 N–H and O–H groups in total. The molecule has 1 heterocycles. The minimum absolute atomic E-state index is 0.0821. The Balaban J connectivity index is 1.99. The standard InChI is InChI=1S/C23H32N2O5S/c1-31(29,30)19-13-11-17(12-14-19)20-16-25(18-8-4-2-5-9-18)23(28)22(24-20)21(27)10-6-3-7-15-26/h11-14,16,18,21,26-27H,2-10,15H2,1H3. The van der Waals surface area contributed by atoms with Crippen molar-refractivity contribution in [1.82, 2.24) is 9.55 Å². The summed E-state index contributed by atoms with van der Waals surface area (Å²) in [6.07, 6.45) is 9.61. The minimum atomic E-state index is -3.30. The molecule has 1 aromatic carbocycles. The molecular formula is C23H32N2O5S. The third-order valence-corrected chi connectivity index (χ3v) is 7.08. The lowest BCUT2D eigenvalue weighted by atomic mass is 9.95. The van der Waals surface area contributed by atoms with E-state index in [0.717, 1.165) is 44.8 Å². The van der Waals surface area contributed by atoms with E-state index in [9.17, 15) is 18.3 Å². The average molecular weight is 449 g/mol. The molecule has 0 amide bonds. The summed E-state index contributed by atoms with van der Waals surface area (Å²) < 4.78 is 25.3. The lowest BCUT2D eigenvalue weighted by Gasteiger charge is -2.25. The van der Waals surface area contributed by atoms with Gasteiger partial charge in [-0.2, -0.15) is 0 Å². The van der Waals surface area contributed by atoms with Crippen LogP contribution in [-0.4, -0.2) is 41.0 Å². The lowest BCUT2D eigenvalue weighted by Crippen LogP contribution is -2.31. The molecule has 1 saturated carbocycles. The molecule has 0 saturated heterocycles. The van der Waals surface area contributed by atoms with Crippen LogP contribution in [0, 0.1) is 0 Å². The van der Waals surface area contributed by atoms with Gasteiger partial charge in [0.25, 0.3) is 5.56 Å². The van der Waals surface area contributed by atoms with Gasteiger partial charge >= 0.3 is 0 Å². The summed E-state index contributed by atoms with van der Waals surface area (Å²) in [6.45, 7) is 0.113. The summed E-state index contributed by atoms with van der Waals surface area (Å²) in [5.41, 5.74) is 1.14. The molecule has 0 bridgehead atoms. The summed E-state index contributed by atoms with van der Waals surface area (Å²) in [5, 5.41) is 19.7. The minimum Gasteiger partial charge on any atom is -0.396 e. The molecule has 31 heavy (non-hydrogen) atoms. The first-order valence-electron chi connectivity index (χ1n) is 11.0. The Bertz CT molecular complexity index is 1020. The fraction of sp³-hybridized carbons (Fsp3) is 0.565. The number of hydrogen-bond acceptors (Lipinski definition) is 6. The number of aliphatic hydroxyl groups is 2. The Morgan fingerprint density at radius 2 is 1.77 bits per heavy atom. The van der Waals surface area contributed by atoms with Crippen LogP contribution in [0.1, 0.15) is 75.6 Å². The van der Waals surface area contributed by atoms with Crippen LogP contribution < -0.4 is 5.56 Å². The van der Waals surface area contributed by atoms with Gasteiger partial charge in [-0.1, -0.05) is 44.2 Å². The Hall–Kier alpha value is -2.03.